The number of halogens is 1. The van der Waals surface area contributed by atoms with Crippen molar-refractivity contribution in [2.75, 3.05) is 7.11 Å². The maximum absolute atomic E-state index is 12.5. The third-order valence-electron chi connectivity index (χ3n) is 3.03. The molecule has 3 rings (SSSR count). The summed E-state index contributed by atoms with van der Waals surface area (Å²) in [6.07, 6.45) is 0. The standard InChI is InChI=1S/C13H10BrN2O3/c1-19-13-8(14)6-7-11-12(13)16(18)10-5-3-2-4-9(10)15(11)17/h2-7,17H,1H3/q+1. The zero-order valence-electron chi connectivity index (χ0n) is 10.0. The highest BCUT2D eigenvalue weighted by Crippen LogP contribution is 2.31. The van der Waals surface area contributed by atoms with E-state index >= 15 is 0 Å². The summed E-state index contributed by atoms with van der Waals surface area (Å²) >= 11 is 3.33. The molecule has 0 unspecified atom stereocenters. The fourth-order valence-corrected chi connectivity index (χ4v) is 2.64. The number of fused-ring (bicyclic) bond motifs is 2. The summed E-state index contributed by atoms with van der Waals surface area (Å²) < 4.78 is 7.66. The van der Waals surface area contributed by atoms with Gasteiger partial charge in [0.1, 0.15) is 0 Å². The molecular weight excluding hydrogens is 312 g/mol. The smallest absolute Gasteiger partial charge is 0.333 e. The second kappa shape index (κ2) is 4.24. The number of hydrogen-bond donors (Lipinski definition) is 1. The van der Waals surface area contributed by atoms with E-state index in [0.29, 0.717) is 26.8 Å². The maximum atomic E-state index is 12.5. The molecule has 0 aliphatic heterocycles. The number of rotatable bonds is 1. The van der Waals surface area contributed by atoms with Crippen LogP contribution in [0.15, 0.2) is 40.9 Å². The van der Waals surface area contributed by atoms with Crippen molar-refractivity contribution in [3.63, 3.8) is 0 Å². The minimum Gasteiger partial charge on any atom is -0.489 e. The zero-order chi connectivity index (χ0) is 13.6. The van der Waals surface area contributed by atoms with E-state index in [1.807, 2.05) is 0 Å². The highest BCUT2D eigenvalue weighted by atomic mass is 79.9. The molecule has 96 valence electrons. The Labute approximate surface area is 116 Å². The van der Waals surface area contributed by atoms with Crippen molar-refractivity contribution >= 4 is 38.0 Å². The lowest BCUT2D eigenvalue weighted by molar-refractivity contribution is -0.433. The van der Waals surface area contributed by atoms with Crippen LogP contribution >= 0.6 is 15.9 Å². The van der Waals surface area contributed by atoms with E-state index in [1.54, 1.807) is 36.4 Å². The van der Waals surface area contributed by atoms with Crippen molar-refractivity contribution in [3.8, 4) is 5.75 Å². The number of aromatic nitrogens is 2. The first-order chi connectivity index (χ1) is 9.15. The Kier molecular flexibility index (Phi) is 2.67. The Bertz CT molecular complexity index is 858. The SMILES string of the molecule is COc1c(Br)ccc2c1[n+](=O)c1ccccc1n2O. The maximum Gasteiger partial charge on any atom is 0.333 e. The molecule has 6 heteroatoms. The van der Waals surface area contributed by atoms with Crippen LogP contribution in [0.3, 0.4) is 0 Å². The summed E-state index contributed by atoms with van der Waals surface area (Å²) in [5.41, 5.74) is 1.47. The van der Waals surface area contributed by atoms with Gasteiger partial charge in [0.2, 0.25) is 5.75 Å². The van der Waals surface area contributed by atoms with Gasteiger partial charge in [0.15, 0.2) is 11.0 Å². The van der Waals surface area contributed by atoms with E-state index in [0.717, 1.165) is 9.16 Å². The fourth-order valence-electron chi connectivity index (χ4n) is 2.16. The monoisotopic (exact) mass is 321 g/mol. The molecule has 1 N–H and O–H groups in total. The molecule has 0 spiro atoms. The minimum absolute atomic E-state index is 0.276. The van der Waals surface area contributed by atoms with Gasteiger partial charge in [-0.1, -0.05) is 12.1 Å². The molecule has 1 heterocycles. The Morgan fingerprint density at radius 1 is 1.21 bits per heavy atom. The second-order valence-electron chi connectivity index (χ2n) is 4.04. The van der Waals surface area contributed by atoms with Crippen molar-refractivity contribution < 1.29 is 14.4 Å². The van der Waals surface area contributed by atoms with Crippen molar-refractivity contribution in [3.05, 3.63) is 45.8 Å². The zero-order valence-corrected chi connectivity index (χ0v) is 11.6. The molecule has 3 aromatic rings. The summed E-state index contributed by atoms with van der Waals surface area (Å²) in [4.78, 5) is 12.5. The number of nitrogens with zero attached hydrogens (tertiary/aromatic N) is 2. The molecule has 0 saturated heterocycles. The van der Waals surface area contributed by atoms with Crippen LogP contribution in [0.25, 0.3) is 22.1 Å². The van der Waals surface area contributed by atoms with Gasteiger partial charge in [0, 0.05) is 11.0 Å². The van der Waals surface area contributed by atoms with E-state index < -0.39 is 0 Å². The van der Waals surface area contributed by atoms with E-state index in [-0.39, 0.29) is 5.52 Å². The van der Waals surface area contributed by atoms with Crippen LogP contribution in [0.4, 0.5) is 0 Å². The van der Waals surface area contributed by atoms with Crippen LogP contribution in [0.1, 0.15) is 0 Å². The lowest BCUT2D eigenvalue weighted by Crippen LogP contribution is -2.21. The van der Waals surface area contributed by atoms with Gasteiger partial charge in [0.25, 0.3) is 5.52 Å². The number of para-hydroxylation sites is 2. The van der Waals surface area contributed by atoms with Crippen molar-refractivity contribution in [2.24, 2.45) is 0 Å². The normalized spacial score (nSPS) is 11.1. The van der Waals surface area contributed by atoms with Gasteiger partial charge in [0.05, 0.1) is 16.0 Å². The molecule has 0 amide bonds. The van der Waals surface area contributed by atoms with E-state index in [1.165, 1.54) is 7.11 Å². The lowest BCUT2D eigenvalue weighted by Gasteiger charge is -2.06. The molecule has 0 aliphatic carbocycles. The highest BCUT2D eigenvalue weighted by Gasteiger charge is 2.23. The number of hydrogen-bond acceptors (Lipinski definition) is 3. The second-order valence-corrected chi connectivity index (χ2v) is 4.90. The third kappa shape index (κ3) is 1.60. The molecule has 0 radical (unpaired) electrons. The van der Waals surface area contributed by atoms with Crippen molar-refractivity contribution in [1.29, 1.82) is 0 Å². The summed E-state index contributed by atoms with van der Waals surface area (Å²) in [7, 11) is 1.48. The first-order valence-electron chi connectivity index (χ1n) is 5.57. The Morgan fingerprint density at radius 3 is 2.68 bits per heavy atom. The van der Waals surface area contributed by atoms with Crippen LogP contribution in [-0.2, 0) is 0 Å². The van der Waals surface area contributed by atoms with Gasteiger partial charge in [-0.3, -0.25) is 0 Å². The molecule has 0 aliphatic rings. The number of benzene rings is 2. The van der Waals surface area contributed by atoms with Crippen LogP contribution in [0, 0.1) is 4.91 Å². The van der Waals surface area contributed by atoms with Gasteiger partial charge in [-0.2, -0.15) is 4.73 Å². The van der Waals surface area contributed by atoms with Crippen LogP contribution in [0.5, 0.6) is 5.75 Å². The first kappa shape index (κ1) is 12.0. The Balaban J connectivity index is 2.68. The van der Waals surface area contributed by atoms with E-state index in [9.17, 15) is 10.1 Å². The Hall–Kier alpha value is -2.08. The molecular formula is C13H10BrN2O3+. The summed E-state index contributed by atoms with van der Waals surface area (Å²) in [6.45, 7) is 0. The van der Waals surface area contributed by atoms with Gasteiger partial charge < -0.3 is 9.94 Å². The molecule has 0 fully saturated rings. The summed E-state index contributed by atoms with van der Waals surface area (Å²) in [5.74, 6) is 0.390. The first-order valence-corrected chi connectivity index (χ1v) is 6.36. The lowest BCUT2D eigenvalue weighted by atomic mass is 10.2. The van der Waals surface area contributed by atoms with Gasteiger partial charge >= 0.3 is 5.52 Å². The Morgan fingerprint density at radius 2 is 1.95 bits per heavy atom. The number of ether oxygens (including phenoxy) is 1. The topological polar surface area (TPSA) is 57.4 Å². The minimum atomic E-state index is 0.276. The molecule has 5 nitrogen and oxygen atoms in total. The molecule has 19 heavy (non-hydrogen) atoms. The molecule has 0 saturated carbocycles. The van der Waals surface area contributed by atoms with E-state index in [2.05, 4.69) is 15.9 Å². The molecule has 0 atom stereocenters. The predicted octanol–water partition coefficient (Wildman–Crippen LogP) is 2.72. The van der Waals surface area contributed by atoms with Crippen LogP contribution < -0.4 is 9.16 Å². The third-order valence-corrected chi connectivity index (χ3v) is 3.65. The predicted molar refractivity (Wildman–Crippen MR) is 74.2 cm³/mol. The average Bonchev–Trinajstić information content (AvgIpc) is 2.44. The van der Waals surface area contributed by atoms with Gasteiger partial charge in [-0.25, -0.2) is 0 Å². The average molecular weight is 322 g/mol. The largest absolute Gasteiger partial charge is 0.489 e. The number of methoxy groups -OCH3 is 1. The van der Waals surface area contributed by atoms with Gasteiger partial charge in [-0.15, -0.1) is 0 Å². The van der Waals surface area contributed by atoms with Crippen molar-refractivity contribution in [2.45, 2.75) is 0 Å². The quantitative estimate of drug-likeness (QED) is 0.426. The van der Waals surface area contributed by atoms with E-state index in [4.69, 9.17) is 4.74 Å². The van der Waals surface area contributed by atoms with Crippen LogP contribution in [0.2, 0.25) is 0 Å². The molecule has 1 aromatic heterocycles. The summed E-state index contributed by atoms with van der Waals surface area (Å²) in [5, 5.41) is 10.2. The molecule has 0 bridgehead atoms. The van der Waals surface area contributed by atoms with Crippen LogP contribution in [-0.4, -0.2) is 17.0 Å². The van der Waals surface area contributed by atoms with Crippen molar-refractivity contribution in [1.82, 2.24) is 4.73 Å². The molecule has 2 aromatic carbocycles. The van der Waals surface area contributed by atoms with Gasteiger partial charge in [-0.05, 0) is 34.1 Å². The fraction of sp³-hybridized carbons (Fsp3) is 0.0769. The summed E-state index contributed by atoms with van der Waals surface area (Å²) in [6, 6.07) is 10.2. The highest BCUT2D eigenvalue weighted by molar-refractivity contribution is 9.10.